The van der Waals surface area contributed by atoms with E-state index < -0.39 is 43.5 Å². The summed E-state index contributed by atoms with van der Waals surface area (Å²) in [6.45, 7) is 1.83. The van der Waals surface area contributed by atoms with E-state index in [0.717, 1.165) is 5.56 Å². The molecule has 1 fully saturated rings. The van der Waals surface area contributed by atoms with Gasteiger partial charge in [-0.1, -0.05) is 12.1 Å². The molecule has 188 valence electrons. The molecule has 0 unspecified atom stereocenters. The summed E-state index contributed by atoms with van der Waals surface area (Å²) in [5, 5.41) is 67.9. The van der Waals surface area contributed by atoms with E-state index in [9.17, 15) is 35.4 Å². The molecule has 7 N–H and O–H groups in total. The van der Waals surface area contributed by atoms with Gasteiger partial charge in [0, 0.05) is 45.8 Å². The monoisotopic (exact) mass is 471 g/mol. The van der Waals surface area contributed by atoms with Crippen molar-refractivity contribution in [2.45, 2.75) is 30.8 Å². The van der Waals surface area contributed by atoms with Crippen LogP contribution in [0.3, 0.4) is 0 Å². The Kier molecular flexibility index (Phi) is 11.6. The maximum absolute atomic E-state index is 11.1. The number of nitrogens with zero attached hydrogens (tertiary/aromatic N) is 3. The second kappa shape index (κ2) is 13.9. The molecule has 1 heterocycles. The average molecular weight is 472 g/mol. The molecule has 33 heavy (non-hydrogen) atoms. The highest BCUT2D eigenvalue weighted by atomic mass is 16.4. The molecule has 0 bridgehead atoms. The lowest BCUT2D eigenvalue weighted by atomic mass is 10.1. The number of carboxylic acids is 1. The first-order valence-electron chi connectivity index (χ1n) is 11.2. The average Bonchev–Trinajstić information content (AvgIpc) is 2.92. The van der Waals surface area contributed by atoms with Crippen molar-refractivity contribution in [1.82, 2.24) is 14.7 Å². The lowest BCUT2D eigenvalue weighted by molar-refractivity contribution is -0.0301. The predicted octanol–water partition coefficient (Wildman–Crippen LogP) is -2.77. The molecule has 2 rings (SSSR count). The van der Waals surface area contributed by atoms with E-state index in [-0.39, 0.29) is 18.8 Å². The fraction of sp³-hybridized carbons (Fsp3) is 0.682. The van der Waals surface area contributed by atoms with Crippen molar-refractivity contribution in [2.75, 3.05) is 65.7 Å². The lowest BCUT2D eigenvalue weighted by Gasteiger charge is -2.36. The summed E-state index contributed by atoms with van der Waals surface area (Å²) in [5.41, 5.74) is 1.12. The van der Waals surface area contributed by atoms with Gasteiger partial charge in [0.1, 0.15) is 0 Å². The Labute approximate surface area is 193 Å². The standard InChI is InChI=1S/C22H37N3O8/c26-12-18(20(30)14-28)24-7-5-23(11-16-1-3-17(4-2-16)22(32)33)6-8-25(10-9-24)19(13-27)21(31)15-29/h1-4,18-21,26-31H,5-15H2,(H,32,33)/t18-,19-,20-,21-/m1/s1. The third-order valence-corrected chi connectivity index (χ3v) is 6.26. The van der Waals surface area contributed by atoms with Gasteiger partial charge in [0.25, 0.3) is 0 Å². The molecule has 1 aromatic carbocycles. The van der Waals surface area contributed by atoms with Gasteiger partial charge in [-0.15, -0.1) is 0 Å². The summed E-state index contributed by atoms with van der Waals surface area (Å²) < 4.78 is 0. The third-order valence-electron chi connectivity index (χ3n) is 6.26. The fourth-order valence-corrected chi connectivity index (χ4v) is 4.17. The van der Waals surface area contributed by atoms with E-state index in [1.807, 2.05) is 9.80 Å². The maximum Gasteiger partial charge on any atom is 0.335 e. The summed E-state index contributed by atoms with van der Waals surface area (Å²) in [6, 6.07) is 5.24. The van der Waals surface area contributed by atoms with Gasteiger partial charge < -0.3 is 35.7 Å². The molecule has 0 aliphatic carbocycles. The second-order valence-corrected chi connectivity index (χ2v) is 8.35. The Bertz CT molecular complexity index is 677. The van der Waals surface area contributed by atoms with Crippen molar-refractivity contribution in [3.8, 4) is 0 Å². The molecule has 1 aliphatic rings. The molecular formula is C22H37N3O8. The van der Waals surface area contributed by atoms with Crippen molar-refractivity contribution in [3.63, 3.8) is 0 Å². The molecule has 1 saturated heterocycles. The Morgan fingerprint density at radius 1 is 0.727 bits per heavy atom. The van der Waals surface area contributed by atoms with Crippen LogP contribution in [0.4, 0.5) is 0 Å². The van der Waals surface area contributed by atoms with Crippen LogP contribution in [-0.2, 0) is 6.54 Å². The van der Waals surface area contributed by atoms with E-state index in [4.69, 9.17) is 5.11 Å². The van der Waals surface area contributed by atoms with Gasteiger partial charge in [-0.25, -0.2) is 4.79 Å². The van der Waals surface area contributed by atoms with Crippen LogP contribution in [0.2, 0.25) is 0 Å². The molecule has 4 atom stereocenters. The Morgan fingerprint density at radius 2 is 1.15 bits per heavy atom. The van der Waals surface area contributed by atoms with Crippen LogP contribution < -0.4 is 0 Å². The zero-order chi connectivity index (χ0) is 24.4. The number of benzene rings is 1. The minimum absolute atomic E-state index is 0.202. The van der Waals surface area contributed by atoms with E-state index in [1.54, 1.807) is 24.3 Å². The summed E-state index contributed by atoms with van der Waals surface area (Å²) in [7, 11) is 0. The predicted molar refractivity (Wildman–Crippen MR) is 120 cm³/mol. The molecule has 1 aromatic rings. The molecule has 11 nitrogen and oxygen atoms in total. The van der Waals surface area contributed by atoms with Crippen molar-refractivity contribution < 1.29 is 40.5 Å². The zero-order valence-corrected chi connectivity index (χ0v) is 18.8. The van der Waals surface area contributed by atoms with E-state index in [1.165, 1.54) is 0 Å². The summed E-state index contributed by atoms with van der Waals surface area (Å²) in [6.07, 6.45) is -2.25. The van der Waals surface area contributed by atoms with Gasteiger partial charge in [0.15, 0.2) is 0 Å². The number of hydrogen-bond donors (Lipinski definition) is 7. The Morgan fingerprint density at radius 3 is 1.52 bits per heavy atom. The smallest absolute Gasteiger partial charge is 0.335 e. The second-order valence-electron chi connectivity index (χ2n) is 8.35. The van der Waals surface area contributed by atoms with Crippen LogP contribution in [0.15, 0.2) is 24.3 Å². The van der Waals surface area contributed by atoms with Crippen molar-refractivity contribution >= 4 is 5.97 Å². The number of hydrogen-bond acceptors (Lipinski definition) is 10. The van der Waals surface area contributed by atoms with Crippen LogP contribution in [0.25, 0.3) is 0 Å². The lowest BCUT2D eigenvalue weighted by Crippen LogP contribution is -2.53. The molecule has 0 aromatic heterocycles. The van der Waals surface area contributed by atoms with E-state index in [2.05, 4.69) is 4.90 Å². The van der Waals surface area contributed by atoms with Gasteiger partial charge in [-0.05, 0) is 17.7 Å². The van der Waals surface area contributed by atoms with Crippen LogP contribution in [0, 0.1) is 0 Å². The highest BCUT2D eigenvalue weighted by molar-refractivity contribution is 5.87. The van der Waals surface area contributed by atoms with Gasteiger partial charge >= 0.3 is 5.97 Å². The highest BCUT2D eigenvalue weighted by Crippen LogP contribution is 2.14. The molecule has 11 heteroatoms. The number of aliphatic hydroxyl groups is 6. The third kappa shape index (κ3) is 7.95. The van der Waals surface area contributed by atoms with E-state index in [0.29, 0.717) is 45.8 Å². The molecule has 0 radical (unpaired) electrons. The number of rotatable bonds is 11. The van der Waals surface area contributed by atoms with Crippen LogP contribution in [0.1, 0.15) is 15.9 Å². The van der Waals surface area contributed by atoms with Gasteiger partial charge in [0.2, 0.25) is 0 Å². The molecule has 0 amide bonds. The largest absolute Gasteiger partial charge is 0.478 e. The normalized spacial score (nSPS) is 20.9. The number of aromatic carboxylic acids is 1. The van der Waals surface area contributed by atoms with Crippen molar-refractivity contribution in [3.05, 3.63) is 35.4 Å². The number of aliphatic hydroxyl groups excluding tert-OH is 6. The minimum atomic E-state index is -1.13. The number of carboxylic acid groups (broad SMARTS) is 1. The van der Waals surface area contributed by atoms with Gasteiger partial charge in [0.05, 0.1) is 56.3 Å². The van der Waals surface area contributed by atoms with E-state index >= 15 is 0 Å². The summed E-state index contributed by atoms with van der Waals surface area (Å²) >= 11 is 0. The minimum Gasteiger partial charge on any atom is -0.478 e. The van der Waals surface area contributed by atoms with Crippen LogP contribution in [0.5, 0.6) is 0 Å². The quantitative estimate of drug-likeness (QED) is 0.178. The highest BCUT2D eigenvalue weighted by Gasteiger charge is 2.30. The fourth-order valence-electron chi connectivity index (χ4n) is 4.17. The Hall–Kier alpha value is -1.67. The molecule has 1 aliphatic heterocycles. The maximum atomic E-state index is 11.1. The van der Waals surface area contributed by atoms with Crippen LogP contribution >= 0.6 is 0 Å². The topological polar surface area (TPSA) is 168 Å². The van der Waals surface area contributed by atoms with Crippen LogP contribution in [-0.4, -0.2) is 146 Å². The first kappa shape index (κ1) is 27.6. The number of carbonyl (C=O) groups is 1. The first-order chi connectivity index (χ1) is 15.8. The first-order valence-corrected chi connectivity index (χ1v) is 11.2. The summed E-state index contributed by atoms with van der Waals surface area (Å²) in [5.74, 6) is -0.995. The zero-order valence-electron chi connectivity index (χ0n) is 18.8. The van der Waals surface area contributed by atoms with Gasteiger partial charge in [-0.2, -0.15) is 0 Å². The van der Waals surface area contributed by atoms with Crippen molar-refractivity contribution in [1.29, 1.82) is 0 Å². The van der Waals surface area contributed by atoms with Crippen molar-refractivity contribution in [2.24, 2.45) is 0 Å². The van der Waals surface area contributed by atoms with Gasteiger partial charge in [-0.3, -0.25) is 14.7 Å². The molecular weight excluding hydrogens is 434 g/mol. The SMILES string of the molecule is O=C(O)c1ccc(CN2CCN([C@H](CO)[C@H](O)CO)CCN([C@H](CO)[C@H](O)CO)CC2)cc1. The Balaban J connectivity index is 2.22. The molecule has 0 spiro atoms. The molecule has 0 saturated carbocycles. The summed E-state index contributed by atoms with van der Waals surface area (Å²) in [4.78, 5) is 17.0.